The van der Waals surface area contributed by atoms with Crippen LogP contribution in [0.2, 0.25) is 18.1 Å². The molecule has 0 saturated heterocycles. The zero-order valence-electron chi connectivity index (χ0n) is 19.6. The van der Waals surface area contributed by atoms with E-state index in [1.54, 1.807) is 0 Å². The average Bonchev–Trinajstić information content (AvgIpc) is 2.51. The zero-order chi connectivity index (χ0) is 21.5. The summed E-state index contributed by atoms with van der Waals surface area (Å²) in [4.78, 5) is 17.7. The van der Waals surface area contributed by atoms with Gasteiger partial charge >= 0.3 is 5.97 Å². The fourth-order valence-corrected chi connectivity index (χ4v) is 5.17. The van der Waals surface area contributed by atoms with E-state index in [1.165, 1.54) is 0 Å². The Kier molecular flexibility index (Phi) is 6.52. The van der Waals surface area contributed by atoms with Crippen LogP contribution in [0.3, 0.4) is 0 Å². The van der Waals surface area contributed by atoms with Gasteiger partial charge in [-0.25, -0.2) is 4.79 Å². The van der Waals surface area contributed by atoms with Crippen molar-refractivity contribution in [3.63, 3.8) is 0 Å². The van der Waals surface area contributed by atoms with Crippen LogP contribution < -0.4 is 0 Å². The highest BCUT2D eigenvalue weighted by Crippen LogP contribution is 2.48. The van der Waals surface area contributed by atoms with E-state index in [9.17, 15) is 4.79 Å². The number of esters is 1. The van der Waals surface area contributed by atoms with Crippen LogP contribution in [-0.4, -0.2) is 25.9 Å². The summed E-state index contributed by atoms with van der Waals surface area (Å²) in [5, 5.41) is 0.128. The van der Waals surface area contributed by atoms with Gasteiger partial charge in [0.1, 0.15) is 0 Å². The average molecular weight is 406 g/mol. The van der Waals surface area contributed by atoms with Crippen LogP contribution in [0.1, 0.15) is 93.9 Å². The lowest BCUT2D eigenvalue weighted by Crippen LogP contribution is -2.44. The highest BCUT2D eigenvalue weighted by Gasteiger charge is 2.44. The summed E-state index contributed by atoms with van der Waals surface area (Å²) >= 11 is 0. The summed E-state index contributed by atoms with van der Waals surface area (Å²) in [6, 6.07) is 0. The molecule has 0 aromatic carbocycles. The third-order valence-electron chi connectivity index (χ3n) is 6.41. The third-order valence-corrected chi connectivity index (χ3v) is 10.9. The molecule has 0 fully saturated rings. The molecule has 2 rings (SSSR count). The Morgan fingerprint density at radius 1 is 1.25 bits per heavy atom. The van der Waals surface area contributed by atoms with Crippen molar-refractivity contribution < 1.29 is 14.0 Å². The van der Waals surface area contributed by atoms with Crippen molar-refractivity contribution in [2.45, 2.75) is 98.9 Å². The highest BCUT2D eigenvalue weighted by atomic mass is 28.4. The Bertz CT molecular complexity index is 747. The van der Waals surface area contributed by atoms with E-state index < -0.39 is 8.32 Å². The maximum absolute atomic E-state index is 12.7. The molecule has 0 bridgehead atoms. The standard InChI is InChI=1S/C23H39NO3Si/c1-11-16-20(21(25)26-12-2)15(3)19-17(24-16)13-23(7,8)14-18(19)27-28(9,10)22(4,5)6/h18H,11-14H2,1-10H3. The first-order valence-corrected chi connectivity index (χ1v) is 13.5. The smallest absolute Gasteiger partial charge is 0.340 e. The Balaban J connectivity index is 2.65. The number of ether oxygens (including phenoxy) is 1. The van der Waals surface area contributed by atoms with Gasteiger partial charge in [-0.2, -0.15) is 0 Å². The monoisotopic (exact) mass is 405 g/mol. The molecular formula is C23H39NO3Si. The molecule has 4 nitrogen and oxygen atoms in total. The first-order valence-electron chi connectivity index (χ1n) is 10.6. The van der Waals surface area contributed by atoms with Crippen molar-refractivity contribution >= 4 is 14.3 Å². The topological polar surface area (TPSA) is 48.4 Å². The SMILES string of the molecule is CCOC(=O)c1c(CC)nc2c(c1C)C(O[Si](C)(C)C(C)(C)C)CC(C)(C)C2. The minimum Gasteiger partial charge on any atom is -0.462 e. The van der Waals surface area contributed by atoms with Gasteiger partial charge in [-0.3, -0.25) is 4.98 Å². The second-order valence-electron chi connectivity index (χ2n) is 10.4. The van der Waals surface area contributed by atoms with Crippen molar-refractivity contribution in [2.24, 2.45) is 5.41 Å². The lowest BCUT2D eigenvalue weighted by atomic mass is 9.73. The number of nitrogens with zero attached hydrogens (tertiary/aromatic N) is 1. The van der Waals surface area contributed by atoms with E-state index in [0.29, 0.717) is 12.2 Å². The number of aryl methyl sites for hydroxylation is 1. The van der Waals surface area contributed by atoms with E-state index in [-0.39, 0.29) is 22.5 Å². The van der Waals surface area contributed by atoms with Crippen LogP contribution in [0.15, 0.2) is 0 Å². The minimum absolute atomic E-state index is 0.0220. The first kappa shape index (κ1) is 23.1. The van der Waals surface area contributed by atoms with Gasteiger partial charge in [-0.05, 0) is 62.2 Å². The van der Waals surface area contributed by atoms with Gasteiger partial charge in [0.05, 0.1) is 24.0 Å². The van der Waals surface area contributed by atoms with Crippen LogP contribution in [0, 0.1) is 12.3 Å². The van der Waals surface area contributed by atoms with Gasteiger partial charge in [0, 0.05) is 11.3 Å². The van der Waals surface area contributed by atoms with E-state index in [4.69, 9.17) is 14.1 Å². The Hall–Kier alpha value is -1.20. The molecular weight excluding hydrogens is 366 g/mol. The summed E-state index contributed by atoms with van der Waals surface area (Å²) in [6.07, 6.45) is 2.56. The first-order chi connectivity index (χ1) is 12.7. The molecule has 0 amide bonds. The van der Waals surface area contributed by atoms with Gasteiger partial charge in [-0.1, -0.05) is 41.5 Å². The predicted molar refractivity (Wildman–Crippen MR) is 117 cm³/mol. The molecule has 1 aliphatic carbocycles. The number of pyridine rings is 1. The van der Waals surface area contributed by atoms with E-state index in [1.807, 2.05) is 13.8 Å². The van der Waals surface area contributed by atoms with Crippen molar-refractivity contribution in [3.05, 3.63) is 28.1 Å². The van der Waals surface area contributed by atoms with Gasteiger partial charge in [0.25, 0.3) is 0 Å². The molecule has 1 aliphatic rings. The van der Waals surface area contributed by atoms with Gasteiger partial charge in [0.15, 0.2) is 8.32 Å². The van der Waals surface area contributed by atoms with Crippen LogP contribution >= 0.6 is 0 Å². The fourth-order valence-electron chi connectivity index (χ4n) is 3.90. The third kappa shape index (κ3) is 4.51. The van der Waals surface area contributed by atoms with Crippen molar-refractivity contribution in [3.8, 4) is 0 Å². The summed E-state index contributed by atoms with van der Waals surface area (Å²) in [5.74, 6) is -0.261. The molecule has 158 valence electrons. The van der Waals surface area contributed by atoms with Crippen LogP contribution in [0.5, 0.6) is 0 Å². The zero-order valence-corrected chi connectivity index (χ0v) is 20.6. The maximum Gasteiger partial charge on any atom is 0.340 e. The number of rotatable bonds is 5. The lowest BCUT2D eigenvalue weighted by molar-refractivity contribution is 0.0522. The highest BCUT2D eigenvalue weighted by molar-refractivity contribution is 6.74. The number of hydrogen-bond acceptors (Lipinski definition) is 4. The molecule has 0 N–H and O–H groups in total. The molecule has 0 spiro atoms. The van der Waals surface area contributed by atoms with Crippen LogP contribution in [-0.2, 0) is 22.0 Å². The number of hydrogen-bond donors (Lipinski definition) is 0. The Morgan fingerprint density at radius 3 is 2.36 bits per heavy atom. The lowest BCUT2D eigenvalue weighted by Gasteiger charge is -2.44. The second kappa shape index (κ2) is 7.90. The van der Waals surface area contributed by atoms with E-state index >= 15 is 0 Å². The molecule has 1 atom stereocenters. The van der Waals surface area contributed by atoms with E-state index in [0.717, 1.165) is 41.8 Å². The van der Waals surface area contributed by atoms with Crippen molar-refractivity contribution in [1.29, 1.82) is 0 Å². The molecule has 1 aromatic rings. The molecule has 28 heavy (non-hydrogen) atoms. The minimum atomic E-state index is -1.97. The van der Waals surface area contributed by atoms with Gasteiger partial charge < -0.3 is 9.16 Å². The molecule has 0 saturated carbocycles. The van der Waals surface area contributed by atoms with E-state index in [2.05, 4.69) is 54.6 Å². The molecule has 5 heteroatoms. The number of carbonyl (C=O) groups excluding carboxylic acids is 1. The molecule has 0 aliphatic heterocycles. The number of carbonyl (C=O) groups is 1. The fraction of sp³-hybridized carbons (Fsp3) is 0.739. The summed E-state index contributed by atoms with van der Waals surface area (Å²) in [6.45, 7) is 22.3. The van der Waals surface area contributed by atoms with Crippen LogP contribution in [0.25, 0.3) is 0 Å². The van der Waals surface area contributed by atoms with Gasteiger partial charge in [-0.15, -0.1) is 0 Å². The number of aromatic nitrogens is 1. The summed E-state index contributed by atoms with van der Waals surface area (Å²) in [7, 11) is -1.97. The second-order valence-corrected chi connectivity index (χ2v) is 15.2. The molecule has 0 radical (unpaired) electrons. The summed E-state index contributed by atoms with van der Waals surface area (Å²) < 4.78 is 12.3. The maximum atomic E-state index is 12.7. The summed E-state index contributed by atoms with van der Waals surface area (Å²) in [5.41, 5.74) is 4.84. The molecule has 1 unspecified atom stereocenters. The Labute approximate surface area is 172 Å². The quantitative estimate of drug-likeness (QED) is 0.434. The predicted octanol–water partition coefficient (Wildman–Crippen LogP) is 6.16. The largest absolute Gasteiger partial charge is 0.462 e. The molecule has 1 aromatic heterocycles. The normalized spacial score (nSPS) is 19.3. The van der Waals surface area contributed by atoms with Gasteiger partial charge in [0.2, 0.25) is 0 Å². The van der Waals surface area contributed by atoms with Crippen molar-refractivity contribution in [1.82, 2.24) is 4.98 Å². The molecule has 1 heterocycles. The van der Waals surface area contributed by atoms with Crippen LogP contribution in [0.4, 0.5) is 0 Å². The van der Waals surface area contributed by atoms with Crippen molar-refractivity contribution in [2.75, 3.05) is 6.61 Å². The Morgan fingerprint density at radius 2 is 1.86 bits per heavy atom. The number of fused-ring (bicyclic) bond motifs is 1.